The maximum atomic E-state index is 11.2. The van der Waals surface area contributed by atoms with E-state index in [1.165, 1.54) is 12.5 Å². The molecule has 0 radical (unpaired) electrons. The largest absolute Gasteiger partial charge is 0.496 e. The van der Waals surface area contributed by atoms with Crippen LogP contribution in [0.25, 0.3) is 0 Å². The second-order valence-electron chi connectivity index (χ2n) is 6.08. The third kappa shape index (κ3) is 4.83. The SMILES string of the molecule is COc1ccccc1[C@H](C)CN[C@H](C)c1cccc(NC(C)=O)c1. The Balaban J connectivity index is 1.99. The molecule has 0 aliphatic rings. The Morgan fingerprint density at radius 1 is 1.12 bits per heavy atom. The van der Waals surface area contributed by atoms with Gasteiger partial charge in [-0.25, -0.2) is 0 Å². The smallest absolute Gasteiger partial charge is 0.221 e. The van der Waals surface area contributed by atoms with Crippen molar-refractivity contribution in [2.24, 2.45) is 0 Å². The van der Waals surface area contributed by atoms with Crippen molar-refractivity contribution in [1.29, 1.82) is 0 Å². The molecule has 0 bridgehead atoms. The van der Waals surface area contributed by atoms with Gasteiger partial charge < -0.3 is 15.4 Å². The number of anilines is 1. The number of benzene rings is 2. The van der Waals surface area contributed by atoms with E-state index in [-0.39, 0.29) is 11.9 Å². The summed E-state index contributed by atoms with van der Waals surface area (Å²) in [7, 11) is 1.70. The molecule has 1 amide bonds. The molecule has 4 nitrogen and oxygen atoms in total. The Hall–Kier alpha value is -2.33. The molecule has 2 rings (SSSR count). The maximum Gasteiger partial charge on any atom is 0.221 e. The average Bonchev–Trinajstić information content (AvgIpc) is 2.59. The molecule has 4 heteroatoms. The predicted molar refractivity (Wildman–Crippen MR) is 98.6 cm³/mol. The van der Waals surface area contributed by atoms with E-state index in [0.29, 0.717) is 5.92 Å². The van der Waals surface area contributed by atoms with Crippen LogP contribution in [0.3, 0.4) is 0 Å². The summed E-state index contributed by atoms with van der Waals surface area (Å²) in [5.74, 6) is 1.20. The number of amides is 1. The molecule has 128 valence electrons. The summed E-state index contributed by atoms with van der Waals surface area (Å²) in [6, 6.07) is 16.2. The molecule has 0 fully saturated rings. The quantitative estimate of drug-likeness (QED) is 0.805. The second kappa shape index (κ2) is 8.50. The topological polar surface area (TPSA) is 50.4 Å². The van der Waals surface area contributed by atoms with Crippen molar-refractivity contribution in [1.82, 2.24) is 5.32 Å². The molecule has 0 unspecified atom stereocenters. The van der Waals surface area contributed by atoms with E-state index < -0.39 is 0 Å². The summed E-state index contributed by atoms with van der Waals surface area (Å²) in [6.07, 6.45) is 0. The summed E-state index contributed by atoms with van der Waals surface area (Å²) < 4.78 is 5.44. The Kier molecular flexibility index (Phi) is 6.38. The van der Waals surface area contributed by atoms with E-state index >= 15 is 0 Å². The fourth-order valence-electron chi connectivity index (χ4n) is 2.74. The summed E-state index contributed by atoms with van der Waals surface area (Å²) in [5, 5.41) is 6.38. The van der Waals surface area contributed by atoms with Crippen LogP contribution < -0.4 is 15.4 Å². The first-order chi connectivity index (χ1) is 11.5. The number of nitrogens with one attached hydrogen (secondary N) is 2. The van der Waals surface area contributed by atoms with Crippen LogP contribution in [-0.4, -0.2) is 19.6 Å². The molecule has 0 aliphatic heterocycles. The van der Waals surface area contributed by atoms with Crippen molar-refractivity contribution < 1.29 is 9.53 Å². The summed E-state index contributed by atoms with van der Waals surface area (Å²) in [4.78, 5) is 11.2. The number of hydrogen-bond acceptors (Lipinski definition) is 3. The number of rotatable bonds is 7. The van der Waals surface area contributed by atoms with E-state index in [2.05, 4.69) is 36.6 Å². The van der Waals surface area contributed by atoms with Gasteiger partial charge in [-0.1, -0.05) is 37.3 Å². The zero-order valence-electron chi connectivity index (χ0n) is 14.8. The minimum Gasteiger partial charge on any atom is -0.496 e. The van der Waals surface area contributed by atoms with Gasteiger partial charge >= 0.3 is 0 Å². The normalized spacial score (nSPS) is 13.2. The highest BCUT2D eigenvalue weighted by atomic mass is 16.5. The molecule has 0 aromatic heterocycles. The van der Waals surface area contributed by atoms with Gasteiger partial charge in [0.05, 0.1) is 7.11 Å². The summed E-state index contributed by atoms with van der Waals surface area (Å²) in [5.41, 5.74) is 3.17. The number of methoxy groups -OCH3 is 1. The molecule has 2 aromatic carbocycles. The van der Waals surface area contributed by atoms with Gasteiger partial charge in [-0.2, -0.15) is 0 Å². The monoisotopic (exact) mass is 326 g/mol. The van der Waals surface area contributed by atoms with Gasteiger partial charge in [0.1, 0.15) is 5.75 Å². The number of carbonyl (C=O) groups excluding carboxylic acids is 1. The first-order valence-electron chi connectivity index (χ1n) is 8.25. The van der Waals surface area contributed by atoms with Crippen LogP contribution in [0.5, 0.6) is 5.75 Å². The fraction of sp³-hybridized carbons (Fsp3) is 0.350. The Labute approximate surface area is 144 Å². The number of carbonyl (C=O) groups is 1. The Bertz CT molecular complexity index is 685. The van der Waals surface area contributed by atoms with Crippen molar-refractivity contribution in [3.63, 3.8) is 0 Å². The first kappa shape index (κ1) is 18.0. The van der Waals surface area contributed by atoms with Crippen LogP contribution in [0.4, 0.5) is 5.69 Å². The van der Waals surface area contributed by atoms with Crippen LogP contribution in [0, 0.1) is 0 Å². The van der Waals surface area contributed by atoms with Crippen molar-refractivity contribution in [2.45, 2.75) is 32.7 Å². The van der Waals surface area contributed by atoms with E-state index in [1.807, 2.05) is 36.4 Å². The molecule has 0 aliphatic carbocycles. The van der Waals surface area contributed by atoms with Gasteiger partial charge in [-0.3, -0.25) is 4.79 Å². The zero-order valence-corrected chi connectivity index (χ0v) is 14.8. The average molecular weight is 326 g/mol. The van der Waals surface area contributed by atoms with E-state index in [4.69, 9.17) is 4.74 Å². The molecule has 0 heterocycles. The van der Waals surface area contributed by atoms with E-state index in [0.717, 1.165) is 23.5 Å². The molecule has 0 saturated carbocycles. The molecule has 2 N–H and O–H groups in total. The van der Waals surface area contributed by atoms with Gasteiger partial charge in [0.2, 0.25) is 5.91 Å². The van der Waals surface area contributed by atoms with Gasteiger partial charge in [0.25, 0.3) is 0 Å². The Morgan fingerprint density at radius 2 is 1.88 bits per heavy atom. The summed E-state index contributed by atoms with van der Waals surface area (Å²) in [6.45, 7) is 6.67. The van der Waals surface area contributed by atoms with Gasteiger partial charge in [-0.05, 0) is 42.2 Å². The molecular formula is C20H26N2O2. The molecule has 2 atom stereocenters. The lowest BCUT2D eigenvalue weighted by Gasteiger charge is -2.20. The highest BCUT2D eigenvalue weighted by molar-refractivity contribution is 5.88. The predicted octanol–water partition coefficient (Wildman–Crippen LogP) is 4.11. The second-order valence-corrected chi connectivity index (χ2v) is 6.08. The first-order valence-corrected chi connectivity index (χ1v) is 8.25. The maximum absolute atomic E-state index is 11.2. The van der Waals surface area contributed by atoms with Crippen molar-refractivity contribution in [3.8, 4) is 5.75 Å². The van der Waals surface area contributed by atoms with E-state index in [1.54, 1.807) is 7.11 Å². The third-order valence-corrected chi connectivity index (χ3v) is 4.11. The van der Waals surface area contributed by atoms with Crippen molar-refractivity contribution in [3.05, 3.63) is 59.7 Å². The standard InChI is InChI=1S/C20H26N2O2/c1-14(19-10-5-6-11-20(19)24-4)13-21-15(2)17-8-7-9-18(12-17)22-16(3)23/h5-12,14-15,21H,13H2,1-4H3,(H,22,23)/t14-,15-/m1/s1. The number of hydrogen-bond donors (Lipinski definition) is 2. The third-order valence-electron chi connectivity index (χ3n) is 4.11. The lowest BCUT2D eigenvalue weighted by molar-refractivity contribution is -0.114. The minimum absolute atomic E-state index is 0.0578. The van der Waals surface area contributed by atoms with E-state index in [9.17, 15) is 4.79 Å². The summed E-state index contributed by atoms with van der Waals surface area (Å²) >= 11 is 0. The van der Waals surface area contributed by atoms with Gasteiger partial charge in [0, 0.05) is 25.2 Å². The highest BCUT2D eigenvalue weighted by Gasteiger charge is 2.13. The van der Waals surface area contributed by atoms with Crippen molar-refractivity contribution in [2.75, 3.05) is 19.0 Å². The fourth-order valence-corrected chi connectivity index (χ4v) is 2.74. The number of para-hydroxylation sites is 1. The highest BCUT2D eigenvalue weighted by Crippen LogP contribution is 2.26. The van der Waals surface area contributed by atoms with Crippen LogP contribution in [-0.2, 0) is 4.79 Å². The number of ether oxygens (including phenoxy) is 1. The molecule has 0 saturated heterocycles. The molecule has 24 heavy (non-hydrogen) atoms. The van der Waals surface area contributed by atoms with Crippen LogP contribution in [0.15, 0.2) is 48.5 Å². The lowest BCUT2D eigenvalue weighted by atomic mass is 9.99. The van der Waals surface area contributed by atoms with Gasteiger partial charge in [-0.15, -0.1) is 0 Å². The van der Waals surface area contributed by atoms with Crippen molar-refractivity contribution >= 4 is 11.6 Å². The van der Waals surface area contributed by atoms with Crippen LogP contribution >= 0.6 is 0 Å². The van der Waals surface area contributed by atoms with Gasteiger partial charge in [0.15, 0.2) is 0 Å². The van der Waals surface area contributed by atoms with Crippen LogP contribution in [0.1, 0.15) is 43.9 Å². The molecule has 0 spiro atoms. The van der Waals surface area contributed by atoms with Crippen LogP contribution in [0.2, 0.25) is 0 Å². The molecule has 2 aromatic rings. The molecular weight excluding hydrogens is 300 g/mol. The minimum atomic E-state index is -0.0578. The zero-order chi connectivity index (χ0) is 17.5. The Morgan fingerprint density at radius 3 is 2.58 bits per heavy atom. The lowest BCUT2D eigenvalue weighted by Crippen LogP contribution is -2.24.